The molecular weight excluding hydrogens is 258 g/mol. The van der Waals surface area contributed by atoms with E-state index in [1.54, 1.807) is 7.05 Å². The first-order valence-electron chi connectivity index (χ1n) is 5.23. The lowest BCUT2D eigenvalue weighted by atomic mass is 10.1. The van der Waals surface area contributed by atoms with E-state index < -0.39 is 14.9 Å². The van der Waals surface area contributed by atoms with Crippen LogP contribution in [0.2, 0.25) is 0 Å². The molecule has 1 aromatic carbocycles. The largest absolute Gasteiger partial charge is 0.317 e. The number of nitrogens with two attached hydrogens (primary N) is 1. The van der Waals surface area contributed by atoms with Crippen molar-refractivity contribution in [1.82, 2.24) is 5.32 Å². The molecule has 1 aromatic rings. The lowest BCUT2D eigenvalue weighted by Gasteiger charge is -2.10. The normalized spacial score (nSPS) is 13.3. The first-order chi connectivity index (χ1) is 8.25. The lowest BCUT2D eigenvalue weighted by Crippen LogP contribution is -2.24. The number of hydrogen-bond donors (Lipinski definition) is 2. The molecule has 0 bridgehead atoms. The number of likely N-dealkylation sites (N-methyl/N-ethyl adjacent to an activating group) is 1. The summed E-state index contributed by atoms with van der Waals surface area (Å²) in [5.74, 6) is 0. The van der Waals surface area contributed by atoms with Crippen LogP contribution >= 0.6 is 0 Å². The average Bonchev–Trinajstić information content (AvgIpc) is 2.27. The van der Waals surface area contributed by atoms with E-state index in [4.69, 9.17) is 5.14 Å². The van der Waals surface area contributed by atoms with E-state index in [0.717, 1.165) is 6.07 Å². The summed E-state index contributed by atoms with van der Waals surface area (Å²) >= 11 is 0. The van der Waals surface area contributed by atoms with Crippen LogP contribution in [-0.2, 0) is 16.4 Å². The van der Waals surface area contributed by atoms with Crippen molar-refractivity contribution in [3.63, 3.8) is 0 Å². The van der Waals surface area contributed by atoms with Crippen molar-refractivity contribution in [1.29, 1.82) is 0 Å². The molecule has 1 unspecified atom stereocenters. The maximum atomic E-state index is 11.1. The molecule has 1 atom stereocenters. The molecule has 18 heavy (non-hydrogen) atoms. The molecule has 1 rings (SSSR count). The molecule has 0 aliphatic carbocycles. The number of rotatable bonds is 5. The fourth-order valence-electron chi connectivity index (χ4n) is 1.50. The Labute approximate surface area is 105 Å². The van der Waals surface area contributed by atoms with Crippen LogP contribution in [0.1, 0.15) is 12.5 Å². The van der Waals surface area contributed by atoms with E-state index in [9.17, 15) is 18.5 Å². The summed E-state index contributed by atoms with van der Waals surface area (Å²) in [6.07, 6.45) is 0.428. The number of nitrogens with one attached hydrogen (secondary N) is 1. The molecule has 0 saturated heterocycles. The average molecular weight is 273 g/mol. The molecular formula is C10H15N3O4S. The van der Waals surface area contributed by atoms with Gasteiger partial charge in [-0.05, 0) is 26.5 Å². The molecule has 0 heterocycles. The van der Waals surface area contributed by atoms with Crippen molar-refractivity contribution >= 4 is 15.7 Å². The van der Waals surface area contributed by atoms with Gasteiger partial charge in [0, 0.05) is 17.7 Å². The van der Waals surface area contributed by atoms with Crippen molar-refractivity contribution in [3.05, 3.63) is 33.9 Å². The van der Waals surface area contributed by atoms with E-state index >= 15 is 0 Å². The molecule has 0 spiro atoms. The first-order valence-corrected chi connectivity index (χ1v) is 6.77. The lowest BCUT2D eigenvalue weighted by molar-refractivity contribution is -0.385. The summed E-state index contributed by atoms with van der Waals surface area (Å²) in [5.41, 5.74) is 0.234. The van der Waals surface area contributed by atoms with Crippen LogP contribution in [0.4, 0.5) is 5.69 Å². The van der Waals surface area contributed by atoms with Crippen LogP contribution in [0, 0.1) is 10.1 Å². The zero-order chi connectivity index (χ0) is 13.9. The van der Waals surface area contributed by atoms with E-state index in [0.29, 0.717) is 12.0 Å². The Hall–Kier alpha value is -1.51. The highest BCUT2D eigenvalue weighted by Gasteiger charge is 2.19. The van der Waals surface area contributed by atoms with Gasteiger partial charge in [-0.25, -0.2) is 13.6 Å². The predicted molar refractivity (Wildman–Crippen MR) is 66.7 cm³/mol. The fourth-order valence-corrected chi connectivity index (χ4v) is 2.03. The maximum absolute atomic E-state index is 11.1. The minimum absolute atomic E-state index is 0.0454. The predicted octanol–water partition coefficient (Wildman–Crippen LogP) is 0.393. The highest BCUT2D eigenvalue weighted by atomic mass is 32.2. The molecule has 100 valence electrons. The van der Waals surface area contributed by atoms with Gasteiger partial charge in [0.25, 0.3) is 5.69 Å². The molecule has 0 radical (unpaired) electrons. The number of sulfonamides is 1. The third-order valence-electron chi connectivity index (χ3n) is 2.60. The smallest absolute Gasteiger partial charge is 0.273 e. The van der Waals surface area contributed by atoms with Crippen LogP contribution in [0.3, 0.4) is 0 Å². The van der Waals surface area contributed by atoms with Crippen molar-refractivity contribution in [2.24, 2.45) is 5.14 Å². The monoisotopic (exact) mass is 273 g/mol. The molecule has 8 heteroatoms. The van der Waals surface area contributed by atoms with Gasteiger partial charge < -0.3 is 5.32 Å². The van der Waals surface area contributed by atoms with E-state index in [2.05, 4.69) is 5.32 Å². The van der Waals surface area contributed by atoms with Gasteiger partial charge in [-0.3, -0.25) is 10.1 Å². The second-order valence-electron chi connectivity index (χ2n) is 3.99. The van der Waals surface area contributed by atoms with Gasteiger partial charge in [0.05, 0.1) is 9.82 Å². The van der Waals surface area contributed by atoms with Gasteiger partial charge in [-0.2, -0.15) is 0 Å². The van der Waals surface area contributed by atoms with E-state index in [1.165, 1.54) is 12.1 Å². The quantitative estimate of drug-likeness (QED) is 0.595. The Bertz CT molecular complexity index is 556. The summed E-state index contributed by atoms with van der Waals surface area (Å²) < 4.78 is 22.3. The minimum atomic E-state index is -3.93. The van der Waals surface area contributed by atoms with Crippen LogP contribution in [0.5, 0.6) is 0 Å². The molecule has 0 aliphatic heterocycles. The molecule has 0 fully saturated rings. The van der Waals surface area contributed by atoms with Gasteiger partial charge in [0.1, 0.15) is 0 Å². The van der Waals surface area contributed by atoms with Crippen LogP contribution in [0.15, 0.2) is 23.1 Å². The topological polar surface area (TPSA) is 115 Å². The third-order valence-corrected chi connectivity index (χ3v) is 3.51. The van der Waals surface area contributed by atoms with Gasteiger partial charge in [-0.15, -0.1) is 0 Å². The van der Waals surface area contributed by atoms with Crippen molar-refractivity contribution < 1.29 is 13.3 Å². The van der Waals surface area contributed by atoms with Gasteiger partial charge in [0.15, 0.2) is 0 Å². The zero-order valence-electron chi connectivity index (χ0n) is 10.1. The highest BCUT2D eigenvalue weighted by Crippen LogP contribution is 2.23. The molecule has 3 N–H and O–H groups in total. The Morgan fingerprint density at radius 2 is 2.11 bits per heavy atom. The Kier molecular flexibility index (Phi) is 4.38. The van der Waals surface area contributed by atoms with Crippen LogP contribution in [0.25, 0.3) is 0 Å². The fraction of sp³-hybridized carbons (Fsp3) is 0.400. The number of nitro benzene ring substituents is 1. The number of nitro groups is 1. The van der Waals surface area contributed by atoms with Gasteiger partial charge in [0.2, 0.25) is 10.0 Å². The van der Waals surface area contributed by atoms with E-state index in [-0.39, 0.29) is 16.6 Å². The van der Waals surface area contributed by atoms with E-state index in [1.807, 2.05) is 6.92 Å². The SMILES string of the molecule is CNC(C)Cc1ccc(S(N)(=O)=O)cc1[N+](=O)[O-]. The molecule has 7 nitrogen and oxygen atoms in total. The summed E-state index contributed by atoms with van der Waals surface area (Å²) in [6, 6.07) is 3.74. The second kappa shape index (κ2) is 5.42. The highest BCUT2D eigenvalue weighted by molar-refractivity contribution is 7.89. The maximum Gasteiger partial charge on any atom is 0.273 e. The second-order valence-corrected chi connectivity index (χ2v) is 5.55. The van der Waals surface area contributed by atoms with Gasteiger partial charge in [-0.1, -0.05) is 6.07 Å². The Morgan fingerprint density at radius 1 is 1.50 bits per heavy atom. The summed E-state index contributed by atoms with van der Waals surface area (Å²) in [6.45, 7) is 1.87. The molecule has 0 aromatic heterocycles. The first kappa shape index (κ1) is 14.6. The Balaban J connectivity index is 3.25. The molecule has 0 saturated carbocycles. The number of primary sulfonamides is 1. The summed E-state index contributed by atoms with van der Waals surface area (Å²) in [7, 11) is -2.18. The van der Waals surface area contributed by atoms with Crippen molar-refractivity contribution in [2.45, 2.75) is 24.3 Å². The Morgan fingerprint density at radius 3 is 2.56 bits per heavy atom. The molecule has 0 aliphatic rings. The third kappa shape index (κ3) is 3.49. The van der Waals surface area contributed by atoms with Crippen molar-refractivity contribution in [3.8, 4) is 0 Å². The summed E-state index contributed by atoms with van der Waals surface area (Å²) in [4.78, 5) is 10.1. The van der Waals surface area contributed by atoms with Crippen LogP contribution in [-0.4, -0.2) is 26.4 Å². The van der Waals surface area contributed by atoms with Crippen LogP contribution < -0.4 is 10.5 Å². The summed E-state index contributed by atoms with van der Waals surface area (Å²) in [5, 5.41) is 18.8. The van der Waals surface area contributed by atoms with Crippen molar-refractivity contribution in [2.75, 3.05) is 7.05 Å². The minimum Gasteiger partial charge on any atom is -0.317 e. The number of hydrogen-bond acceptors (Lipinski definition) is 5. The van der Waals surface area contributed by atoms with Gasteiger partial charge >= 0.3 is 0 Å². The zero-order valence-corrected chi connectivity index (χ0v) is 10.9. The standard InChI is InChI=1S/C10H15N3O4S/c1-7(12-2)5-8-3-4-9(18(11,16)17)6-10(8)13(14)15/h3-4,6-7,12H,5H2,1-2H3,(H2,11,16,17). The number of nitrogens with zero attached hydrogens (tertiary/aromatic N) is 1. The number of benzene rings is 1. The molecule has 0 amide bonds.